The van der Waals surface area contributed by atoms with E-state index in [4.69, 9.17) is 0 Å². The number of carbonyl (C=O) groups is 1. The average molecular weight is 309 g/mol. The van der Waals surface area contributed by atoms with Gasteiger partial charge in [-0.25, -0.2) is 0 Å². The summed E-state index contributed by atoms with van der Waals surface area (Å²) in [5, 5.41) is 7.49. The predicted molar refractivity (Wildman–Crippen MR) is 91.9 cm³/mol. The van der Waals surface area contributed by atoms with Crippen LogP contribution in [0.3, 0.4) is 0 Å². The SMILES string of the molecule is CC(CC1CCCCCN1)NC1CCN(C(=O)C(C)C)CC1. The Morgan fingerprint density at radius 1 is 1.14 bits per heavy atom. The molecule has 0 aromatic rings. The molecule has 0 spiro atoms. The van der Waals surface area contributed by atoms with Gasteiger partial charge in [-0.1, -0.05) is 26.7 Å². The number of hydrogen-bond acceptors (Lipinski definition) is 3. The van der Waals surface area contributed by atoms with E-state index in [2.05, 4.69) is 17.6 Å². The first-order valence-electron chi connectivity index (χ1n) is 9.34. The van der Waals surface area contributed by atoms with Crippen LogP contribution in [0, 0.1) is 5.92 Å². The van der Waals surface area contributed by atoms with Crippen LogP contribution in [0.25, 0.3) is 0 Å². The Morgan fingerprint density at radius 2 is 1.86 bits per heavy atom. The van der Waals surface area contributed by atoms with Gasteiger partial charge in [-0.15, -0.1) is 0 Å². The van der Waals surface area contributed by atoms with Gasteiger partial charge in [0.15, 0.2) is 0 Å². The van der Waals surface area contributed by atoms with E-state index >= 15 is 0 Å². The molecule has 128 valence electrons. The summed E-state index contributed by atoms with van der Waals surface area (Å²) >= 11 is 0. The standard InChI is InChI=1S/C18H35N3O/c1-14(2)18(22)21-11-8-16(9-12-21)20-15(3)13-17-7-5-4-6-10-19-17/h14-17,19-20H,4-13H2,1-3H3. The average Bonchev–Trinajstić information content (AvgIpc) is 2.75. The van der Waals surface area contributed by atoms with Crippen molar-refractivity contribution in [1.29, 1.82) is 0 Å². The smallest absolute Gasteiger partial charge is 0.225 e. The van der Waals surface area contributed by atoms with Crippen LogP contribution in [0.4, 0.5) is 0 Å². The van der Waals surface area contributed by atoms with Gasteiger partial charge in [0, 0.05) is 37.1 Å². The highest BCUT2D eigenvalue weighted by Gasteiger charge is 2.25. The molecule has 2 fully saturated rings. The molecule has 2 N–H and O–H groups in total. The molecule has 4 heteroatoms. The van der Waals surface area contributed by atoms with Crippen LogP contribution in [-0.2, 0) is 4.79 Å². The predicted octanol–water partition coefficient (Wildman–Crippen LogP) is 2.53. The summed E-state index contributed by atoms with van der Waals surface area (Å²) in [6, 6.07) is 1.83. The van der Waals surface area contributed by atoms with Crippen molar-refractivity contribution in [3.8, 4) is 0 Å². The van der Waals surface area contributed by atoms with Gasteiger partial charge < -0.3 is 15.5 Å². The van der Waals surface area contributed by atoms with Gasteiger partial charge in [-0.05, 0) is 45.6 Å². The second-order valence-corrected chi connectivity index (χ2v) is 7.56. The molecule has 22 heavy (non-hydrogen) atoms. The molecule has 0 saturated carbocycles. The van der Waals surface area contributed by atoms with Crippen LogP contribution in [-0.4, -0.2) is 48.6 Å². The van der Waals surface area contributed by atoms with Crippen LogP contribution in [0.5, 0.6) is 0 Å². The first-order valence-corrected chi connectivity index (χ1v) is 9.34. The maximum absolute atomic E-state index is 12.0. The maximum Gasteiger partial charge on any atom is 0.225 e. The van der Waals surface area contributed by atoms with Crippen molar-refractivity contribution in [3.05, 3.63) is 0 Å². The van der Waals surface area contributed by atoms with Gasteiger partial charge in [0.2, 0.25) is 5.91 Å². The fourth-order valence-electron chi connectivity index (χ4n) is 3.83. The van der Waals surface area contributed by atoms with E-state index in [1.165, 1.54) is 38.6 Å². The minimum atomic E-state index is 0.129. The van der Waals surface area contributed by atoms with Crippen LogP contribution in [0.1, 0.15) is 65.7 Å². The first kappa shape index (κ1) is 17.7. The van der Waals surface area contributed by atoms with Crippen molar-refractivity contribution >= 4 is 5.91 Å². The third kappa shape index (κ3) is 5.54. The van der Waals surface area contributed by atoms with Gasteiger partial charge in [-0.3, -0.25) is 4.79 Å². The topological polar surface area (TPSA) is 44.4 Å². The monoisotopic (exact) mass is 309 g/mol. The molecule has 1 amide bonds. The van der Waals surface area contributed by atoms with E-state index in [9.17, 15) is 4.79 Å². The number of piperidine rings is 1. The minimum Gasteiger partial charge on any atom is -0.342 e. The molecule has 2 aliphatic heterocycles. The summed E-state index contributed by atoms with van der Waals surface area (Å²) in [7, 11) is 0. The quantitative estimate of drug-likeness (QED) is 0.820. The largest absolute Gasteiger partial charge is 0.342 e. The molecule has 2 saturated heterocycles. The summed E-state index contributed by atoms with van der Waals surface area (Å²) < 4.78 is 0. The summed E-state index contributed by atoms with van der Waals surface area (Å²) in [6.45, 7) is 9.33. The fraction of sp³-hybridized carbons (Fsp3) is 0.944. The second kappa shape index (κ2) is 8.88. The summed E-state index contributed by atoms with van der Waals surface area (Å²) in [6.07, 6.45) is 8.84. The van der Waals surface area contributed by atoms with Crippen LogP contribution >= 0.6 is 0 Å². The number of likely N-dealkylation sites (tertiary alicyclic amines) is 1. The third-order valence-electron chi connectivity index (χ3n) is 5.12. The molecule has 2 rings (SSSR count). The van der Waals surface area contributed by atoms with E-state index in [1.54, 1.807) is 0 Å². The van der Waals surface area contributed by atoms with E-state index < -0.39 is 0 Å². The normalized spacial score (nSPS) is 26.0. The molecular weight excluding hydrogens is 274 g/mol. The zero-order valence-corrected chi connectivity index (χ0v) is 14.7. The summed E-state index contributed by atoms with van der Waals surface area (Å²) in [4.78, 5) is 14.1. The lowest BCUT2D eigenvalue weighted by Crippen LogP contribution is -2.49. The van der Waals surface area contributed by atoms with Gasteiger partial charge in [0.25, 0.3) is 0 Å². The van der Waals surface area contributed by atoms with Crippen LogP contribution in [0.2, 0.25) is 0 Å². The molecule has 0 bridgehead atoms. The number of hydrogen-bond donors (Lipinski definition) is 2. The molecule has 2 aliphatic rings. The van der Waals surface area contributed by atoms with Gasteiger partial charge >= 0.3 is 0 Å². The highest BCUT2D eigenvalue weighted by molar-refractivity contribution is 5.78. The zero-order chi connectivity index (χ0) is 15.9. The Hall–Kier alpha value is -0.610. The Kier molecular flexibility index (Phi) is 7.16. The van der Waals surface area contributed by atoms with Crippen molar-refractivity contribution in [2.75, 3.05) is 19.6 Å². The van der Waals surface area contributed by atoms with Crippen LogP contribution < -0.4 is 10.6 Å². The number of nitrogens with one attached hydrogen (secondary N) is 2. The lowest BCUT2D eigenvalue weighted by atomic mass is 9.99. The molecule has 4 nitrogen and oxygen atoms in total. The van der Waals surface area contributed by atoms with Crippen molar-refractivity contribution < 1.29 is 4.79 Å². The van der Waals surface area contributed by atoms with Gasteiger partial charge in [0.05, 0.1) is 0 Å². The number of amides is 1. The maximum atomic E-state index is 12.0. The minimum absolute atomic E-state index is 0.129. The molecule has 2 atom stereocenters. The second-order valence-electron chi connectivity index (χ2n) is 7.56. The van der Waals surface area contributed by atoms with Crippen molar-refractivity contribution in [3.63, 3.8) is 0 Å². The molecule has 0 aromatic heterocycles. The van der Waals surface area contributed by atoms with Gasteiger partial charge in [0.1, 0.15) is 0 Å². The highest BCUT2D eigenvalue weighted by atomic mass is 16.2. The fourth-order valence-corrected chi connectivity index (χ4v) is 3.83. The Morgan fingerprint density at radius 3 is 2.55 bits per heavy atom. The van der Waals surface area contributed by atoms with Crippen molar-refractivity contribution in [2.24, 2.45) is 5.92 Å². The van der Waals surface area contributed by atoms with Crippen molar-refractivity contribution in [1.82, 2.24) is 15.5 Å². The Labute approximate surface area is 136 Å². The Balaban J connectivity index is 1.67. The van der Waals surface area contributed by atoms with E-state index in [0.29, 0.717) is 24.0 Å². The Bertz CT molecular complexity index is 329. The number of nitrogens with zero attached hydrogens (tertiary/aromatic N) is 1. The van der Waals surface area contributed by atoms with Crippen molar-refractivity contribution in [2.45, 2.75) is 83.8 Å². The number of carbonyl (C=O) groups excluding carboxylic acids is 1. The van der Waals surface area contributed by atoms with Gasteiger partial charge in [-0.2, -0.15) is 0 Å². The third-order valence-corrected chi connectivity index (χ3v) is 5.12. The van der Waals surface area contributed by atoms with Crippen LogP contribution in [0.15, 0.2) is 0 Å². The first-order chi connectivity index (χ1) is 10.6. The molecule has 2 unspecified atom stereocenters. The zero-order valence-electron chi connectivity index (χ0n) is 14.7. The molecule has 0 aliphatic carbocycles. The number of rotatable bonds is 5. The molecule has 0 radical (unpaired) electrons. The van der Waals surface area contributed by atoms with E-state index in [1.807, 2.05) is 18.7 Å². The van der Waals surface area contributed by atoms with E-state index in [-0.39, 0.29) is 5.92 Å². The molecule has 0 aromatic carbocycles. The molecule has 2 heterocycles. The summed E-state index contributed by atoms with van der Waals surface area (Å²) in [5.41, 5.74) is 0. The highest BCUT2D eigenvalue weighted by Crippen LogP contribution is 2.16. The molecular formula is C18H35N3O. The van der Waals surface area contributed by atoms with E-state index in [0.717, 1.165) is 25.9 Å². The summed E-state index contributed by atoms with van der Waals surface area (Å²) in [5.74, 6) is 0.443. The lowest BCUT2D eigenvalue weighted by molar-refractivity contribution is -0.135. The lowest BCUT2D eigenvalue weighted by Gasteiger charge is -2.35.